The van der Waals surface area contributed by atoms with Crippen molar-refractivity contribution in [3.8, 4) is 0 Å². The number of aryl methyl sites for hydroxylation is 1. The van der Waals surface area contributed by atoms with E-state index in [1.54, 1.807) is 6.20 Å². The van der Waals surface area contributed by atoms with Crippen LogP contribution in [0.25, 0.3) is 0 Å². The van der Waals surface area contributed by atoms with Gasteiger partial charge in [0.2, 0.25) is 5.91 Å². The molecule has 0 radical (unpaired) electrons. The van der Waals surface area contributed by atoms with Gasteiger partial charge in [0.15, 0.2) is 0 Å². The number of nitrogens with zero attached hydrogens (tertiary/aromatic N) is 2. The molecule has 3 rings (SSSR count). The Bertz CT molecular complexity index is 833. The van der Waals surface area contributed by atoms with E-state index in [9.17, 15) is 4.79 Å². The molecule has 0 aliphatic heterocycles. The largest absolute Gasteiger partial charge is 0.353 e. The molecule has 4 heteroatoms. The second kappa shape index (κ2) is 9.53. The summed E-state index contributed by atoms with van der Waals surface area (Å²) < 4.78 is 0. The number of amides is 1. The summed E-state index contributed by atoms with van der Waals surface area (Å²) in [5.74, 6) is 0.911. The molecule has 2 aromatic carbocycles. The van der Waals surface area contributed by atoms with Crippen molar-refractivity contribution < 1.29 is 4.79 Å². The molecule has 138 valence electrons. The van der Waals surface area contributed by atoms with Gasteiger partial charge in [-0.3, -0.25) is 4.79 Å². The average molecular weight is 359 g/mol. The molecule has 1 amide bonds. The highest BCUT2D eigenvalue weighted by Crippen LogP contribution is 2.17. The van der Waals surface area contributed by atoms with Gasteiger partial charge < -0.3 is 10.2 Å². The summed E-state index contributed by atoms with van der Waals surface area (Å²) in [5.41, 5.74) is 3.15. The molecule has 0 spiro atoms. The molecule has 27 heavy (non-hydrogen) atoms. The molecule has 1 N–H and O–H groups in total. The zero-order valence-corrected chi connectivity index (χ0v) is 15.6. The molecular weight excluding hydrogens is 334 g/mol. The van der Waals surface area contributed by atoms with E-state index in [0.717, 1.165) is 31.0 Å². The van der Waals surface area contributed by atoms with Gasteiger partial charge in [0.25, 0.3) is 0 Å². The van der Waals surface area contributed by atoms with Crippen LogP contribution in [0.2, 0.25) is 0 Å². The Morgan fingerprint density at radius 3 is 2.19 bits per heavy atom. The summed E-state index contributed by atoms with van der Waals surface area (Å²) in [6.45, 7) is 3.79. The van der Waals surface area contributed by atoms with Crippen LogP contribution in [0.5, 0.6) is 0 Å². The van der Waals surface area contributed by atoms with Crippen LogP contribution in [0.4, 0.5) is 11.5 Å². The third-order valence-electron chi connectivity index (χ3n) is 4.44. The Balaban J connectivity index is 1.55. The van der Waals surface area contributed by atoms with Gasteiger partial charge in [0.1, 0.15) is 5.82 Å². The predicted octanol–water partition coefficient (Wildman–Crippen LogP) is 4.68. The first-order valence-corrected chi connectivity index (χ1v) is 9.33. The molecular formula is C23H25N3O. The van der Waals surface area contributed by atoms with Gasteiger partial charge in [0, 0.05) is 19.5 Å². The number of nitrogens with one attached hydrogen (secondary N) is 1. The lowest BCUT2D eigenvalue weighted by molar-refractivity contribution is -0.116. The zero-order chi connectivity index (χ0) is 18.9. The van der Waals surface area contributed by atoms with Gasteiger partial charge in [0.05, 0.1) is 11.9 Å². The van der Waals surface area contributed by atoms with Crippen molar-refractivity contribution in [2.45, 2.75) is 26.3 Å². The summed E-state index contributed by atoms with van der Waals surface area (Å²) in [6.07, 6.45) is 2.92. The second-order valence-electron chi connectivity index (χ2n) is 6.44. The van der Waals surface area contributed by atoms with Gasteiger partial charge in [-0.25, -0.2) is 4.98 Å². The monoisotopic (exact) mass is 359 g/mol. The highest BCUT2D eigenvalue weighted by Gasteiger charge is 2.08. The predicted molar refractivity (Wildman–Crippen MR) is 111 cm³/mol. The number of carbonyl (C=O) groups excluding carboxylic acids is 1. The fourth-order valence-electron chi connectivity index (χ4n) is 2.93. The molecule has 0 aliphatic rings. The normalized spacial score (nSPS) is 10.4. The Hall–Kier alpha value is -3.14. The van der Waals surface area contributed by atoms with Crippen molar-refractivity contribution in [1.82, 2.24) is 4.98 Å². The average Bonchev–Trinajstić information content (AvgIpc) is 2.73. The van der Waals surface area contributed by atoms with Crippen molar-refractivity contribution >= 4 is 17.4 Å². The summed E-state index contributed by atoms with van der Waals surface area (Å²) in [6, 6.07) is 24.3. The van der Waals surface area contributed by atoms with E-state index >= 15 is 0 Å². The number of aromatic nitrogens is 1. The fraction of sp³-hybridized carbons (Fsp3) is 0.217. The minimum absolute atomic E-state index is 0.00466. The second-order valence-corrected chi connectivity index (χ2v) is 6.44. The number of benzene rings is 2. The Labute approximate surface area is 160 Å². The molecule has 0 saturated carbocycles. The van der Waals surface area contributed by atoms with Crippen molar-refractivity contribution in [3.63, 3.8) is 0 Å². The zero-order valence-electron chi connectivity index (χ0n) is 15.6. The van der Waals surface area contributed by atoms with Crippen LogP contribution in [0, 0.1) is 0 Å². The van der Waals surface area contributed by atoms with E-state index < -0.39 is 0 Å². The first-order valence-electron chi connectivity index (χ1n) is 9.33. The summed E-state index contributed by atoms with van der Waals surface area (Å²) in [5, 5.41) is 2.93. The van der Waals surface area contributed by atoms with E-state index in [-0.39, 0.29) is 5.91 Å². The van der Waals surface area contributed by atoms with Gasteiger partial charge in [-0.1, -0.05) is 60.7 Å². The molecule has 0 unspecified atom stereocenters. The molecule has 0 atom stereocenters. The molecule has 1 heterocycles. The summed E-state index contributed by atoms with van der Waals surface area (Å²) in [4.78, 5) is 18.9. The number of rotatable bonds is 8. The van der Waals surface area contributed by atoms with Crippen LogP contribution < -0.4 is 10.2 Å². The number of carbonyl (C=O) groups is 1. The van der Waals surface area contributed by atoms with E-state index in [2.05, 4.69) is 34.3 Å². The SMILES string of the molecule is CCN(Cc1ccccc1)c1ccc(NC(=O)CCc2ccccc2)cn1. The first-order chi connectivity index (χ1) is 13.2. The fourth-order valence-corrected chi connectivity index (χ4v) is 2.93. The van der Waals surface area contributed by atoms with Gasteiger partial charge >= 0.3 is 0 Å². The van der Waals surface area contributed by atoms with Crippen LogP contribution in [-0.4, -0.2) is 17.4 Å². The maximum Gasteiger partial charge on any atom is 0.224 e. The molecule has 0 aliphatic carbocycles. The minimum atomic E-state index is 0.00466. The maximum atomic E-state index is 12.2. The molecule has 4 nitrogen and oxygen atoms in total. The van der Waals surface area contributed by atoms with Gasteiger partial charge in [-0.15, -0.1) is 0 Å². The third-order valence-corrected chi connectivity index (χ3v) is 4.44. The van der Waals surface area contributed by atoms with Crippen molar-refractivity contribution in [2.75, 3.05) is 16.8 Å². The quantitative estimate of drug-likeness (QED) is 0.635. The maximum absolute atomic E-state index is 12.2. The topological polar surface area (TPSA) is 45.2 Å². The van der Waals surface area contributed by atoms with Crippen LogP contribution in [0.1, 0.15) is 24.5 Å². The Kier molecular flexibility index (Phi) is 6.58. The lowest BCUT2D eigenvalue weighted by atomic mass is 10.1. The standard InChI is InChI=1S/C23H25N3O/c1-2-26(18-20-11-7-4-8-12-20)22-15-14-21(17-24-22)25-23(27)16-13-19-9-5-3-6-10-19/h3-12,14-15,17H,2,13,16,18H2,1H3,(H,25,27). The Morgan fingerprint density at radius 1 is 0.926 bits per heavy atom. The summed E-state index contributed by atoms with van der Waals surface area (Å²) >= 11 is 0. The third kappa shape index (κ3) is 5.68. The van der Waals surface area contributed by atoms with Crippen LogP contribution in [0.15, 0.2) is 79.0 Å². The molecule has 0 bridgehead atoms. The van der Waals surface area contributed by atoms with Crippen LogP contribution >= 0.6 is 0 Å². The van der Waals surface area contributed by atoms with Crippen molar-refractivity contribution in [2.24, 2.45) is 0 Å². The van der Waals surface area contributed by atoms with E-state index in [1.807, 2.05) is 60.7 Å². The Morgan fingerprint density at radius 2 is 1.59 bits per heavy atom. The van der Waals surface area contributed by atoms with Crippen LogP contribution in [0.3, 0.4) is 0 Å². The lowest BCUT2D eigenvalue weighted by Gasteiger charge is -2.22. The van der Waals surface area contributed by atoms with Gasteiger partial charge in [-0.05, 0) is 36.6 Å². The first kappa shape index (κ1) is 18.6. The highest BCUT2D eigenvalue weighted by molar-refractivity contribution is 5.90. The molecule has 0 fully saturated rings. The molecule has 3 aromatic rings. The number of anilines is 2. The van der Waals surface area contributed by atoms with Gasteiger partial charge in [-0.2, -0.15) is 0 Å². The van der Waals surface area contributed by atoms with E-state index in [4.69, 9.17) is 0 Å². The lowest BCUT2D eigenvalue weighted by Crippen LogP contribution is -2.23. The van der Waals surface area contributed by atoms with E-state index in [1.165, 1.54) is 11.1 Å². The summed E-state index contributed by atoms with van der Waals surface area (Å²) in [7, 11) is 0. The molecule has 0 saturated heterocycles. The highest BCUT2D eigenvalue weighted by atomic mass is 16.1. The number of hydrogen-bond acceptors (Lipinski definition) is 3. The number of hydrogen-bond donors (Lipinski definition) is 1. The van der Waals surface area contributed by atoms with Crippen molar-refractivity contribution in [1.29, 1.82) is 0 Å². The van der Waals surface area contributed by atoms with Crippen molar-refractivity contribution in [3.05, 3.63) is 90.1 Å². The smallest absolute Gasteiger partial charge is 0.224 e. The van der Waals surface area contributed by atoms with Crippen LogP contribution in [-0.2, 0) is 17.8 Å². The minimum Gasteiger partial charge on any atom is -0.353 e. The molecule has 1 aromatic heterocycles. The van der Waals surface area contributed by atoms with E-state index in [0.29, 0.717) is 6.42 Å². The number of pyridine rings is 1.